The molecule has 4 rings (SSSR count). The lowest BCUT2D eigenvalue weighted by atomic mass is 10.1. The van der Waals surface area contributed by atoms with Gasteiger partial charge in [-0.15, -0.1) is 0 Å². The maximum Gasteiger partial charge on any atom is 0.418 e. The number of amides is 1. The van der Waals surface area contributed by atoms with E-state index in [2.05, 4.69) is 15.2 Å². The Morgan fingerprint density at radius 1 is 1.12 bits per heavy atom. The maximum absolute atomic E-state index is 13.3. The summed E-state index contributed by atoms with van der Waals surface area (Å²) in [5.41, 5.74) is -0.546. The summed E-state index contributed by atoms with van der Waals surface area (Å²) in [5.74, 6) is -0.562. The van der Waals surface area contributed by atoms with Crippen molar-refractivity contribution in [3.63, 3.8) is 0 Å². The van der Waals surface area contributed by atoms with Gasteiger partial charge in [0, 0.05) is 60.7 Å². The first kappa shape index (κ1) is 23.7. The summed E-state index contributed by atoms with van der Waals surface area (Å²) in [6.07, 6.45) is -1.62. The first-order valence-electron chi connectivity index (χ1n) is 10.3. The molecule has 34 heavy (non-hydrogen) atoms. The van der Waals surface area contributed by atoms with Crippen LogP contribution in [0.5, 0.6) is 0 Å². The van der Waals surface area contributed by atoms with E-state index in [0.29, 0.717) is 37.0 Å². The minimum Gasteiger partial charge on any atom is -0.368 e. The van der Waals surface area contributed by atoms with Crippen molar-refractivity contribution in [3.05, 3.63) is 69.5 Å². The molecule has 0 spiro atoms. The van der Waals surface area contributed by atoms with E-state index in [1.807, 2.05) is 4.90 Å². The molecule has 2 aromatic carbocycles. The number of halogens is 4. The quantitative estimate of drug-likeness (QED) is 0.413. The number of pyridine rings is 1. The van der Waals surface area contributed by atoms with Crippen molar-refractivity contribution in [2.75, 3.05) is 42.9 Å². The van der Waals surface area contributed by atoms with E-state index < -0.39 is 22.6 Å². The fourth-order valence-electron chi connectivity index (χ4n) is 3.99. The summed E-state index contributed by atoms with van der Waals surface area (Å²) >= 11 is 5.68. The molecular formula is C22H19ClF3N5O3. The molecule has 1 saturated heterocycles. The number of anilines is 2. The third-order valence-electron chi connectivity index (χ3n) is 5.61. The van der Waals surface area contributed by atoms with Crippen LogP contribution in [-0.4, -0.2) is 53.4 Å². The Hall–Kier alpha value is -3.44. The summed E-state index contributed by atoms with van der Waals surface area (Å²) < 4.78 is 39.8. The van der Waals surface area contributed by atoms with Crippen molar-refractivity contribution in [1.82, 2.24) is 9.88 Å². The molecule has 1 amide bonds. The van der Waals surface area contributed by atoms with E-state index in [1.165, 1.54) is 18.3 Å². The second-order valence-corrected chi connectivity index (χ2v) is 8.22. The monoisotopic (exact) mass is 493 g/mol. The zero-order valence-corrected chi connectivity index (χ0v) is 18.4. The molecule has 8 nitrogen and oxygen atoms in total. The number of rotatable bonds is 5. The van der Waals surface area contributed by atoms with Crippen LogP contribution >= 0.6 is 11.6 Å². The molecule has 1 N–H and O–H groups in total. The number of carbonyl (C=O) groups excluding carboxylic acids is 1. The first-order valence-corrected chi connectivity index (χ1v) is 10.7. The van der Waals surface area contributed by atoms with Crippen LogP contribution in [-0.2, 0) is 11.0 Å². The number of hydrogen-bond donors (Lipinski definition) is 1. The van der Waals surface area contributed by atoms with Crippen LogP contribution in [0, 0.1) is 10.1 Å². The molecule has 0 atom stereocenters. The predicted octanol–water partition coefficient (Wildman–Crippen LogP) is 4.58. The van der Waals surface area contributed by atoms with Crippen molar-refractivity contribution in [3.8, 4) is 0 Å². The Balaban J connectivity index is 1.41. The topological polar surface area (TPSA) is 91.6 Å². The number of alkyl halides is 3. The van der Waals surface area contributed by atoms with Gasteiger partial charge in [-0.05, 0) is 30.3 Å². The predicted molar refractivity (Wildman–Crippen MR) is 122 cm³/mol. The Morgan fingerprint density at radius 2 is 1.85 bits per heavy atom. The highest BCUT2D eigenvalue weighted by molar-refractivity contribution is 6.30. The number of carbonyl (C=O) groups is 1. The second-order valence-electron chi connectivity index (χ2n) is 7.78. The lowest BCUT2D eigenvalue weighted by molar-refractivity contribution is -0.383. The number of nitro groups is 1. The van der Waals surface area contributed by atoms with Gasteiger partial charge in [-0.25, -0.2) is 0 Å². The summed E-state index contributed by atoms with van der Waals surface area (Å²) in [4.78, 5) is 31.2. The first-order chi connectivity index (χ1) is 16.1. The molecule has 0 aliphatic carbocycles. The van der Waals surface area contributed by atoms with Crippen molar-refractivity contribution >= 4 is 45.3 Å². The van der Waals surface area contributed by atoms with Crippen LogP contribution in [0.2, 0.25) is 5.02 Å². The number of piperazine rings is 1. The third-order valence-corrected chi connectivity index (χ3v) is 5.85. The van der Waals surface area contributed by atoms with E-state index in [4.69, 9.17) is 11.6 Å². The Labute approximate surface area is 197 Å². The van der Waals surface area contributed by atoms with E-state index in [1.54, 1.807) is 18.3 Å². The fourth-order valence-corrected chi connectivity index (χ4v) is 4.17. The van der Waals surface area contributed by atoms with Gasteiger partial charge >= 0.3 is 6.18 Å². The van der Waals surface area contributed by atoms with Gasteiger partial charge in [0.1, 0.15) is 0 Å². The second kappa shape index (κ2) is 9.43. The normalized spacial score (nSPS) is 14.9. The minimum absolute atomic E-state index is 0.0254. The molecular weight excluding hydrogens is 475 g/mol. The van der Waals surface area contributed by atoms with Crippen molar-refractivity contribution in [2.24, 2.45) is 0 Å². The largest absolute Gasteiger partial charge is 0.418 e. The highest BCUT2D eigenvalue weighted by atomic mass is 35.5. The molecule has 3 aromatic rings. The number of aromatic nitrogens is 1. The van der Waals surface area contributed by atoms with Gasteiger partial charge in [-0.2, -0.15) is 13.2 Å². The number of hydrogen-bond acceptors (Lipinski definition) is 6. The molecule has 2 heterocycles. The fraction of sp³-hybridized carbons (Fsp3) is 0.273. The lowest BCUT2D eigenvalue weighted by Crippen LogP contribution is -2.48. The van der Waals surface area contributed by atoms with Crippen LogP contribution in [0.1, 0.15) is 5.56 Å². The number of non-ortho nitro benzene ring substituents is 1. The Morgan fingerprint density at radius 3 is 2.53 bits per heavy atom. The summed E-state index contributed by atoms with van der Waals surface area (Å²) in [5, 5.41) is 14.7. The Bertz CT molecular complexity index is 1250. The lowest BCUT2D eigenvalue weighted by Gasteiger charge is -2.36. The molecule has 0 unspecified atom stereocenters. The molecule has 1 aliphatic rings. The highest BCUT2D eigenvalue weighted by Gasteiger charge is 2.34. The SMILES string of the molecule is O=C(CN1CCN(c2ccc([N+](=O)[O-])c3cnccc23)CC1)Nc1ccc(Cl)cc1C(F)(F)F. The molecule has 0 saturated carbocycles. The van der Waals surface area contributed by atoms with Crippen molar-refractivity contribution in [2.45, 2.75) is 6.18 Å². The molecule has 12 heteroatoms. The van der Waals surface area contributed by atoms with Crippen molar-refractivity contribution in [1.29, 1.82) is 0 Å². The summed E-state index contributed by atoms with van der Waals surface area (Å²) in [6, 6.07) is 8.07. The van der Waals surface area contributed by atoms with E-state index >= 15 is 0 Å². The van der Waals surface area contributed by atoms with Gasteiger partial charge in [-0.3, -0.25) is 24.8 Å². The number of fused-ring (bicyclic) bond motifs is 1. The zero-order valence-electron chi connectivity index (χ0n) is 17.7. The van der Waals surface area contributed by atoms with Gasteiger partial charge in [0.2, 0.25) is 5.91 Å². The molecule has 1 fully saturated rings. The number of benzene rings is 2. The van der Waals surface area contributed by atoms with Crippen LogP contribution < -0.4 is 10.2 Å². The van der Waals surface area contributed by atoms with Gasteiger partial charge in [0.25, 0.3) is 5.69 Å². The van der Waals surface area contributed by atoms with E-state index in [0.717, 1.165) is 17.8 Å². The van der Waals surface area contributed by atoms with Gasteiger partial charge in [0.15, 0.2) is 0 Å². The standard InChI is InChI=1S/C22H19ClF3N5O3/c23-14-1-2-18(17(11-14)22(24,25)26)28-21(32)13-29-7-9-30(10-8-29)19-3-4-20(31(33)34)16-12-27-6-5-15(16)19/h1-6,11-12H,7-10,13H2,(H,28,32). The smallest absolute Gasteiger partial charge is 0.368 e. The average Bonchev–Trinajstić information content (AvgIpc) is 2.79. The molecule has 0 radical (unpaired) electrons. The molecule has 178 valence electrons. The van der Waals surface area contributed by atoms with E-state index in [-0.39, 0.29) is 22.9 Å². The van der Waals surface area contributed by atoms with Crippen LogP contribution in [0.4, 0.5) is 30.2 Å². The van der Waals surface area contributed by atoms with Crippen LogP contribution in [0.3, 0.4) is 0 Å². The number of nitro benzene ring substituents is 1. The number of nitrogens with one attached hydrogen (secondary N) is 1. The third kappa shape index (κ3) is 5.05. The molecule has 1 aromatic heterocycles. The van der Waals surface area contributed by atoms with E-state index in [9.17, 15) is 28.1 Å². The maximum atomic E-state index is 13.3. The summed E-state index contributed by atoms with van der Waals surface area (Å²) in [6.45, 7) is 1.99. The van der Waals surface area contributed by atoms with Gasteiger partial charge in [0.05, 0.1) is 28.1 Å². The van der Waals surface area contributed by atoms with Crippen molar-refractivity contribution < 1.29 is 22.9 Å². The van der Waals surface area contributed by atoms with Crippen LogP contribution in [0.25, 0.3) is 10.8 Å². The molecule has 1 aliphatic heterocycles. The molecule has 0 bridgehead atoms. The zero-order chi connectivity index (χ0) is 24.5. The van der Waals surface area contributed by atoms with Gasteiger partial charge < -0.3 is 10.2 Å². The van der Waals surface area contributed by atoms with Gasteiger partial charge in [-0.1, -0.05) is 11.6 Å². The Kier molecular flexibility index (Phi) is 6.58. The summed E-state index contributed by atoms with van der Waals surface area (Å²) in [7, 11) is 0. The minimum atomic E-state index is -4.65. The highest BCUT2D eigenvalue weighted by Crippen LogP contribution is 2.37. The average molecular weight is 494 g/mol. The van der Waals surface area contributed by atoms with Crippen LogP contribution in [0.15, 0.2) is 48.8 Å². The number of nitrogens with zero attached hydrogens (tertiary/aromatic N) is 4.